The minimum Gasteiger partial charge on any atom is -0.508 e. The van der Waals surface area contributed by atoms with Crippen LogP contribution in [0, 0.1) is 18.7 Å². The van der Waals surface area contributed by atoms with Crippen molar-refractivity contribution in [1.82, 2.24) is 4.98 Å². The third kappa shape index (κ3) is 4.13. The Morgan fingerprint density at radius 2 is 1.88 bits per heavy atom. The number of carboxylic acid groups (broad SMARTS) is 1. The summed E-state index contributed by atoms with van der Waals surface area (Å²) in [6.07, 6.45) is 2.26. The average Bonchev–Trinajstić information content (AvgIpc) is 2.77. The quantitative estimate of drug-likeness (QED) is 0.555. The fourth-order valence-electron chi connectivity index (χ4n) is 4.77. The normalized spacial score (nSPS) is 21.0. The fraction of sp³-hybridized carbons (Fsp3) is 0.385. The van der Waals surface area contributed by atoms with Crippen molar-refractivity contribution >= 4 is 16.7 Å². The molecule has 0 spiro atoms. The Labute approximate surface area is 191 Å². The number of nitrogens with zero attached hydrogens (tertiary/aromatic N) is 1. The first-order chi connectivity index (χ1) is 15.9. The standard InChI is InChI=1S/C26H26FNO5/c1-14-10-16(2-5-22(14)27)23-20-4-3-18(29)13-21(20)25(33-19-11-17(12-19)26(30)31)28-24(23)15-6-8-32-9-7-15/h2-5,10,13,15,17,19,29H,6-9,11-12H2,1H3,(H,30,31)/t17-,19-. The molecule has 0 atom stereocenters. The maximum atomic E-state index is 14.1. The molecule has 6 nitrogen and oxygen atoms in total. The van der Waals surface area contributed by atoms with E-state index in [4.69, 9.17) is 14.5 Å². The van der Waals surface area contributed by atoms with Crippen LogP contribution in [0.5, 0.6) is 11.6 Å². The first kappa shape index (κ1) is 21.6. The second-order valence-corrected chi connectivity index (χ2v) is 9.00. The number of carbonyl (C=O) groups is 1. The van der Waals surface area contributed by atoms with Crippen molar-refractivity contribution in [1.29, 1.82) is 0 Å². The highest BCUT2D eigenvalue weighted by molar-refractivity contribution is 6.01. The van der Waals surface area contributed by atoms with Gasteiger partial charge < -0.3 is 19.7 Å². The number of aryl methyl sites for hydroxylation is 1. The van der Waals surface area contributed by atoms with Crippen LogP contribution in [-0.4, -0.2) is 40.5 Å². The summed E-state index contributed by atoms with van der Waals surface area (Å²) < 4.78 is 25.8. The number of rotatable bonds is 5. The number of aromatic hydroxyl groups is 1. The molecule has 1 aliphatic heterocycles. The van der Waals surface area contributed by atoms with Crippen LogP contribution in [0.1, 0.15) is 42.9 Å². The smallest absolute Gasteiger partial charge is 0.306 e. The second kappa shape index (κ2) is 8.63. The van der Waals surface area contributed by atoms with Gasteiger partial charge in [0, 0.05) is 30.1 Å². The molecule has 0 bridgehead atoms. The van der Waals surface area contributed by atoms with E-state index in [1.807, 2.05) is 12.1 Å². The monoisotopic (exact) mass is 451 g/mol. The van der Waals surface area contributed by atoms with Crippen LogP contribution in [0.3, 0.4) is 0 Å². The van der Waals surface area contributed by atoms with Gasteiger partial charge >= 0.3 is 5.97 Å². The number of aromatic nitrogens is 1. The van der Waals surface area contributed by atoms with Gasteiger partial charge in [-0.05, 0) is 79.5 Å². The van der Waals surface area contributed by atoms with Crippen LogP contribution in [0.25, 0.3) is 21.9 Å². The lowest BCUT2D eigenvalue weighted by molar-refractivity contribution is -0.148. The van der Waals surface area contributed by atoms with Gasteiger partial charge in [0.15, 0.2) is 0 Å². The van der Waals surface area contributed by atoms with Crippen LogP contribution in [-0.2, 0) is 9.53 Å². The number of aliphatic carboxylic acids is 1. The van der Waals surface area contributed by atoms with Crippen molar-refractivity contribution in [3.8, 4) is 22.8 Å². The summed E-state index contributed by atoms with van der Waals surface area (Å²) in [7, 11) is 0. The summed E-state index contributed by atoms with van der Waals surface area (Å²) in [5.74, 6) is -0.835. The van der Waals surface area contributed by atoms with E-state index in [9.17, 15) is 19.4 Å². The molecule has 1 saturated carbocycles. The molecule has 1 aromatic heterocycles. The maximum Gasteiger partial charge on any atom is 0.306 e. The van der Waals surface area contributed by atoms with Gasteiger partial charge in [0.25, 0.3) is 0 Å². The summed E-state index contributed by atoms with van der Waals surface area (Å²) in [6, 6.07) is 10.2. The molecule has 1 saturated heterocycles. The van der Waals surface area contributed by atoms with E-state index in [2.05, 4.69) is 0 Å². The van der Waals surface area contributed by atoms with E-state index in [-0.39, 0.29) is 23.6 Å². The van der Waals surface area contributed by atoms with Crippen LogP contribution >= 0.6 is 0 Å². The third-order valence-electron chi connectivity index (χ3n) is 6.76. The van der Waals surface area contributed by atoms with Gasteiger partial charge in [0.05, 0.1) is 11.6 Å². The fourth-order valence-corrected chi connectivity index (χ4v) is 4.77. The molecule has 2 fully saturated rings. The number of phenolic OH excluding ortho intramolecular Hbond substituents is 1. The molecule has 7 heteroatoms. The predicted molar refractivity (Wildman–Crippen MR) is 121 cm³/mol. The summed E-state index contributed by atoms with van der Waals surface area (Å²) in [5.41, 5.74) is 3.18. The topological polar surface area (TPSA) is 88.9 Å². The minimum absolute atomic E-state index is 0.0891. The Kier molecular flexibility index (Phi) is 5.66. The van der Waals surface area contributed by atoms with Crippen molar-refractivity contribution in [2.24, 2.45) is 5.92 Å². The molecule has 5 rings (SSSR count). The summed E-state index contributed by atoms with van der Waals surface area (Å²) >= 11 is 0. The molecule has 2 aromatic carbocycles. The molecule has 172 valence electrons. The zero-order valence-electron chi connectivity index (χ0n) is 18.4. The number of hydrogen-bond donors (Lipinski definition) is 2. The molecular formula is C26H26FNO5. The highest BCUT2D eigenvalue weighted by Gasteiger charge is 2.37. The average molecular weight is 451 g/mol. The molecule has 1 aliphatic carbocycles. The lowest BCUT2D eigenvalue weighted by Gasteiger charge is -2.33. The number of ether oxygens (including phenoxy) is 2. The van der Waals surface area contributed by atoms with Gasteiger partial charge in [-0.25, -0.2) is 9.37 Å². The van der Waals surface area contributed by atoms with Crippen molar-refractivity contribution in [2.75, 3.05) is 13.2 Å². The van der Waals surface area contributed by atoms with Gasteiger partial charge in [-0.1, -0.05) is 6.07 Å². The molecule has 0 radical (unpaired) electrons. The molecular weight excluding hydrogens is 425 g/mol. The SMILES string of the molecule is Cc1cc(-c2c(C3CCOCC3)nc(O[C@H]3C[C@H](C(=O)O)C3)c3cc(O)ccc23)ccc1F. The van der Waals surface area contributed by atoms with Crippen molar-refractivity contribution in [3.63, 3.8) is 0 Å². The molecule has 2 aliphatic rings. The van der Waals surface area contributed by atoms with E-state index in [0.717, 1.165) is 35.0 Å². The number of carboxylic acids is 1. The Morgan fingerprint density at radius 1 is 1.12 bits per heavy atom. The minimum atomic E-state index is -0.810. The first-order valence-electron chi connectivity index (χ1n) is 11.3. The van der Waals surface area contributed by atoms with Gasteiger partial charge in [-0.15, -0.1) is 0 Å². The Balaban J connectivity index is 1.67. The van der Waals surface area contributed by atoms with E-state index in [0.29, 0.717) is 42.9 Å². The number of pyridine rings is 1. The van der Waals surface area contributed by atoms with Crippen LogP contribution < -0.4 is 4.74 Å². The van der Waals surface area contributed by atoms with E-state index >= 15 is 0 Å². The number of halogens is 1. The summed E-state index contributed by atoms with van der Waals surface area (Å²) in [5, 5.41) is 20.9. The van der Waals surface area contributed by atoms with Crippen LogP contribution in [0.15, 0.2) is 36.4 Å². The van der Waals surface area contributed by atoms with Crippen molar-refractivity contribution in [2.45, 2.75) is 44.6 Å². The predicted octanol–water partition coefficient (Wildman–Crippen LogP) is 5.19. The molecule has 3 aromatic rings. The first-order valence-corrected chi connectivity index (χ1v) is 11.3. The summed E-state index contributed by atoms with van der Waals surface area (Å²) in [6.45, 7) is 3.02. The zero-order valence-corrected chi connectivity index (χ0v) is 18.4. The lowest BCUT2D eigenvalue weighted by atomic mass is 9.82. The molecule has 0 amide bonds. The zero-order chi connectivity index (χ0) is 23.1. The third-order valence-corrected chi connectivity index (χ3v) is 6.76. The molecule has 2 heterocycles. The van der Waals surface area contributed by atoms with Crippen molar-refractivity contribution < 1.29 is 28.9 Å². The van der Waals surface area contributed by atoms with E-state index in [1.165, 1.54) is 6.07 Å². The van der Waals surface area contributed by atoms with Crippen LogP contribution in [0.4, 0.5) is 4.39 Å². The Bertz CT molecular complexity index is 1220. The second-order valence-electron chi connectivity index (χ2n) is 9.00. The Hall–Kier alpha value is -3.19. The molecule has 0 unspecified atom stereocenters. The maximum absolute atomic E-state index is 14.1. The number of benzene rings is 2. The number of hydrogen-bond acceptors (Lipinski definition) is 5. The van der Waals surface area contributed by atoms with Gasteiger partial charge in [0.1, 0.15) is 17.7 Å². The van der Waals surface area contributed by atoms with E-state index < -0.39 is 11.9 Å². The van der Waals surface area contributed by atoms with Gasteiger partial charge in [-0.3, -0.25) is 4.79 Å². The van der Waals surface area contributed by atoms with Gasteiger partial charge in [0.2, 0.25) is 5.88 Å². The Morgan fingerprint density at radius 3 is 2.58 bits per heavy atom. The highest BCUT2D eigenvalue weighted by atomic mass is 19.1. The van der Waals surface area contributed by atoms with Gasteiger partial charge in [-0.2, -0.15) is 0 Å². The molecule has 2 N–H and O–H groups in total. The summed E-state index contributed by atoms with van der Waals surface area (Å²) in [4.78, 5) is 16.2. The number of phenols is 1. The van der Waals surface area contributed by atoms with Crippen LogP contribution in [0.2, 0.25) is 0 Å². The highest BCUT2D eigenvalue weighted by Crippen LogP contribution is 2.43. The largest absolute Gasteiger partial charge is 0.508 e. The lowest BCUT2D eigenvalue weighted by Crippen LogP contribution is -2.38. The van der Waals surface area contributed by atoms with Crippen molar-refractivity contribution in [3.05, 3.63) is 53.5 Å². The number of fused-ring (bicyclic) bond motifs is 1. The van der Waals surface area contributed by atoms with E-state index in [1.54, 1.807) is 25.1 Å². The molecule has 33 heavy (non-hydrogen) atoms.